The smallest absolute Gasteiger partial charge is 0.458 e. The van der Waals surface area contributed by atoms with Crippen LogP contribution in [0.25, 0.3) is 0 Å². The average molecular weight is 643 g/mol. The second-order valence-electron chi connectivity index (χ2n) is 10.6. The highest BCUT2D eigenvalue weighted by Crippen LogP contribution is 2.34. The first-order valence-electron chi connectivity index (χ1n) is 14.2. The molecule has 1 rings (SSSR count). The maximum atomic E-state index is 12.8. The molecule has 0 saturated heterocycles. The number of ether oxygens (including phenoxy) is 5. The summed E-state index contributed by atoms with van der Waals surface area (Å²) in [4.78, 5) is 61.2. The summed E-state index contributed by atoms with van der Waals surface area (Å²) < 4.78 is 43.1. The molecule has 1 aliphatic rings. The molecule has 44 heavy (non-hydrogen) atoms. The van der Waals surface area contributed by atoms with Crippen molar-refractivity contribution in [1.29, 1.82) is 0 Å². The normalized spacial score (nSPS) is 18.1. The van der Waals surface area contributed by atoms with E-state index in [-0.39, 0.29) is 35.5 Å². The highest BCUT2D eigenvalue weighted by molar-refractivity contribution is 6.60. The van der Waals surface area contributed by atoms with Crippen molar-refractivity contribution < 1.29 is 60.9 Å². The summed E-state index contributed by atoms with van der Waals surface area (Å²) in [5, 5.41) is 0. The lowest BCUT2D eigenvalue weighted by Gasteiger charge is -2.36. The molecule has 0 aliphatic heterocycles. The van der Waals surface area contributed by atoms with Gasteiger partial charge in [-0.25, -0.2) is 14.4 Å². The van der Waals surface area contributed by atoms with Crippen LogP contribution in [0.1, 0.15) is 59.3 Å². The zero-order valence-electron chi connectivity index (χ0n) is 26.6. The zero-order chi connectivity index (χ0) is 33.4. The molecule has 0 aromatic rings. The number of hydrogen-bond acceptors (Lipinski definition) is 13. The maximum Gasteiger partial charge on any atom is 0.500 e. The summed E-state index contributed by atoms with van der Waals surface area (Å²) in [5.74, 6) is -3.42. The summed E-state index contributed by atoms with van der Waals surface area (Å²) >= 11 is 0. The topological polar surface area (TPSA) is 159 Å². The van der Waals surface area contributed by atoms with Gasteiger partial charge in [0.25, 0.3) is 0 Å². The molecule has 3 atom stereocenters. The Morgan fingerprint density at radius 2 is 1.20 bits per heavy atom. The molecule has 1 saturated carbocycles. The fourth-order valence-electron chi connectivity index (χ4n) is 4.26. The third kappa shape index (κ3) is 13.5. The van der Waals surface area contributed by atoms with Crippen molar-refractivity contribution in [1.82, 2.24) is 0 Å². The number of carbonyl (C=O) groups is 5. The summed E-state index contributed by atoms with van der Waals surface area (Å²) in [6, 6.07) is 0.550. The Labute approximate surface area is 260 Å². The second kappa shape index (κ2) is 19.1. The second-order valence-corrected chi connectivity index (χ2v) is 13.7. The molecule has 1 aliphatic carbocycles. The van der Waals surface area contributed by atoms with Crippen molar-refractivity contribution in [3.63, 3.8) is 0 Å². The molecule has 14 heteroatoms. The third-order valence-corrected chi connectivity index (χ3v) is 9.62. The Morgan fingerprint density at radius 3 is 1.68 bits per heavy atom. The standard InChI is InChI=1S/C30H46O13Si/c1-19(2)28(33)39-17-23(18-40-29(34)20(3)4)41-26(31)12-13-27(32)42-25-16-22(14-15-44(36-7,37-8)38-9)10-11-24(25)43-30(35)21(5)6/h22-25H,1,3,5,10-18H2,2,4,6-9H3. The Balaban J connectivity index is 2.83. The lowest BCUT2D eigenvalue weighted by molar-refractivity contribution is -0.173. The van der Waals surface area contributed by atoms with E-state index in [1.54, 1.807) is 0 Å². The predicted molar refractivity (Wildman–Crippen MR) is 159 cm³/mol. The van der Waals surface area contributed by atoms with Crippen LogP contribution < -0.4 is 0 Å². The van der Waals surface area contributed by atoms with Crippen LogP contribution in [-0.4, -0.2) is 91.5 Å². The zero-order valence-corrected chi connectivity index (χ0v) is 27.6. The van der Waals surface area contributed by atoms with Gasteiger partial charge in [0.2, 0.25) is 0 Å². The summed E-state index contributed by atoms with van der Waals surface area (Å²) in [7, 11) is 1.80. The van der Waals surface area contributed by atoms with Gasteiger partial charge >= 0.3 is 38.7 Å². The predicted octanol–water partition coefficient (Wildman–Crippen LogP) is 3.39. The molecule has 0 aromatic heterocycles. The van der Waals surface area contributed by atoms with Gasteiger partial charge in [0.15, 0.2) is 6.10 Å². The molecule has 1 fully saturated rings. The molecular formula is C30H46O13Si. The Morgan fingerprint density at radius 1 is 0.705 bits per heavy atom. The lowest BCUT2D eigenvalue weighted by Crippen LogP contribution is -2.44. The first-order chi connectivity index (χ1) is 20.7. The highest BCUT2D eigenvalue weighted by Gasteiger charge is 2.41. The first-order valence-corrected chi connectivity index (χ1v) is 16.2. The van der Waals surface area contributed by atoms with Gasteiger partial charge in [-0.3, -0.25) is 9.59 Å². The van der Waals surface area contributed by atoms with Crippen molar-refractivity contribution in [3.8, 4) is 0 Å². The Kier molecular flexibility index (Phi) is 16.8. The molecule has 0 aromatic carbocycles. The Bertz CT molecular complexity index is 1030. The van der Waals surface area contributed by atoms with Crippen LogP contribution >= 0.6 is 0 Å². The van der Waals surface area contributed by atoms with E-state index in [9.17, 15) is 24.0 Å². The molecular weight excluding hydrogens is 596 g/mol. The lowest BCUT2D eigenvalue weighted by atomic mass is 9.83. The molecule has 0 bridgehead atoms. The maximum absolute atomic E-state index is 12.8. The number of carbonyl (C=O) groups excluding carboxylic acids is 5. The average Bonchev–Trinajstić information content (AvgIpc) is 2.98. The fraction of sp³-hybridized carbons (Fsp3) is 0.633. The highest BCUT2D eigenvalue weighted by atomic mass is 28.4. The van der Waals surface area contributed by atoms with E-state index >= 15 is 0 Å². The number of rotatable bonds is 19. The molecule has 0 N–H and O–H groups in total. The van der Waals surface area contributed by atoms with E-state index < -0.39 is 70.2 Å². The van der Waals surface area contributed by atoms with Gasteiger partial charge in [-0.15, -0.1) is 0 Å². The SMILES string of the molecule is C=C(C)C(=O)OCC(COC(=O)C(=C)C)OC(=O)CCC(=O)OC1CC(CC[Si](OC)(OC)OC)CCC1OC(=O)C(=C)C. The van der Waals surface area contributed by atoms with Gasteiger partial charge in [-0.1, -0.05) is 19.7 Å². The van der Waals surface area contributed by atoms with Crippen LogP contribution in [0.15, 0.2) is 36.5 Å². The van der Waals surface area contributed by atoms with Crippen LogP contribution in [0.4, 0.5) is 0 Å². The molecule has 13 nitrogen and oxygen atoms in total. The summed E-state index contributed by atoms with van der Waals surface area (Å²) in [5.41, 5.74) is 0.478. The first kappa shape index (κ1) is 38.7. The summed E-state index contributed by atoms with van der Waals surface area (Å²) in [6.45, 7) is 14.2. The van der Waals surface area contributed by atoms with Gasteiger partial charge in [0.05, 0.1) is 12.8 Å². The third-order valence-electron chi connectivity index (χ3n) is 6.85. The van der Waals surface area contributed by atoms with Gasteiger partial charge in [-0.05, 0) is 52.4 Å². The number of esters is 5. The van der Waals surface area contributed by atoms with E-state index in [4.69, 9.17) is 37.0 Å². The van der Waals surface area contributed by atoms with Crippen LogP contribution in [-0.2, 0) is 60.9 Å². The van der Waals surface area contributed by atoms with Crippen molar-refractivity contribution in [2.24, 2.45) is 5.92 Å². The minimum atomic E-state index is -2.81. The van der Waals surface area contributed by atoms with E-state index in [0.29, 0.717) is 31.7 Å². The van der Waals surface area contributed by atoms with E-state index in [1.165, 1.54) is 42.1 Å². The van der Waals surface area contributed by atoms with Crippen molar-refractivity contribution in [2.45, 2.75) is 83.7 Å². The Hall–Kier alpha value is -3.33. The molecule has 0 heterocycles. The van der Waals surface area contributed by atoms with E-state index in [0.717, 1.165) is 0 Å². The van der Waals surface area contributed by atoms with Crippen molar-refractivity contribution in [3.05, 3.63) is 36.5 Å². The quantitative estimate of drug-likeness (QED) is 0.0874. The largest absolute Gasteiger partial charge is 0.500 e. The van der Waals surface area contributed by atoms with E-state index in [1.807, 2.05) is 0 Å². The van der Waals surface area contributed by atoms with Crippen molar-refractivity contribution in [2.75, 3.05) is 34.5 Å². The van der Waals surface area contributed by atoms with Gasteiger partial charge in [0.1, 0.15) is 25.4 Å². The molecule has 0 radical (unpaired) electrons. The number of hydrogen-bond donors (Lipinski definition) is 0. The minimum absolute atomic E-state index is 0.106. The van der Waals surface area contributed by atoms with Gasteiger partial charge < -0.3 is 37.0 Å². The molecule has 0 amide bonds. The van der Waals surface area contributed by atoms with Gasteiger partial charge in [-0.2, -0.15) is 0 Å². The van der Waals surface area contributed by atoms with Crippen molar-refractivity contribution >= 4 is 38.7 Å². The van der Waals surface area contributed by atoms with Crippen LogP contribution in [0.2, 0.25) is 6.04 Å². The van der Waals surface area contributed by atoms with Gasteiger partial charge in [0, 0.05) is 44.1 Å². The van der Waals surface area contributed by atoms with E-state index in [2.05, 4.69) is 19.7 Å². The van der Waals surface area contributed by atoms with Crippen LogP contribution in [0.5, 0.6) is 0 Å². The minimum Gasteiger partial charge on any atom is -0.458 e. The summed E-state index contributed by atoms with van der Waals surface area (Å²) in [6.07, 6.45) is -1.01. The molecule has 0 spiro atoms. The monoisotopic (exact) mass is 642 g/mol. The van der Waals surface area contributed by atoms with Crippen LogP contribution in [0, 0.1) is 5.92 Å². The molecule has 248 valence electrons. The molecule has 3 unspecified atom stereocenters. The van der Waals surface area contributed by atoms with Crippen LogP contribution in [0.3, 0.4) is 0 Å². The fourth-order valence-corrected chi connectivity index (χ4v) is 6.13.